The van der Waals surface area contributed by atoms with Gasteiger partial charge in [-0.1, -0.05) is 36.9 Å². The summed E-state index contributed by atoms with van der Waals surface area (Å²) in [5.74, 6) is -1.12. The zero-order valence-corrected chi connectivity index (χ0v) is 20.0. The van der Waals surface area contributed by atoms with Crippen LogP contribution in [0.4, 0.5) is 17.5 Å². The fraction of sp³-hybridized carbons (Fsp3) is 0.231. The third kappa shape index (κ3) is 6.88. The number of ether oxygens (including phenoxy) is 1. The molecule has 1 fully saturated rings. The fourth-order valence-electron chi connectivity index (χ4n) is 3.96. The highest BCUT2D eigenvalue weighted by Gasteiger charge is 2.26. The van der Waals surface area contributed by atoms with E-state index in [1.165, 1.54) is 6.08 Å². The van der Waals surface area contributed by atoms with Gasteiger partial charge in [-0.25, -0.2) is 4.79 Å². The summed E-state index contributed by atoms with van der Waals surface area (Å²) in [5, 5.41) is 17.0. The molecule has 3 aromatic rings. The van der Waals surface area contributed by atoms with Crippen molar-refractivity contribution in [3.63, 3.8) is 0 Å². The van der Waals surface area contributed by atoms with Crippen LogP contribution in [-0.2, 0) is 16.1 Å². The van der Waals surface area contributed by atoms with Crippen molar-refractivity contribution in [2.75, 3.05) is 10.6 Å². The number of carbonyl (C=O) groups is 3. The number of hydrogen-bond donors (Lipinski definition) is 4. The standard InChI is InChI=1S/C26H27N7O4/c1-2-21(34)28-19-12-13-20(14-19)30-26-31-24(22(23(27)35)32-33-26)29-18-10-8-17(9-11-18)25(36)37-15-16-6-4-3-5-7-16/h2-11,19-20H,1,12-15H2,(H2,27,35)(H,28,34)(H2,29,30,31,33)/t19?,20-/m1/s1. The van der Waals surface area contributed by atoms with E-state index >= 15 is 0 Å². The van der Waals surface area contributed by atoms with Crippen molar-refractivity contribution in [1.82, 2.24) is 20.5 Å². The van der Waals surface area contributed by atoms with Crippen molar-refractivity contribution in [3.05, 3.63) is 84.1 Å². The molecule has 1 aromatic heterocycles. The molecule has 0 radical (unpaired) electrons. The molecule has 1 heterocycles. The average Bonchev–Trinajstić information content (AvgIpc) is 3.34. The maximum absolute atomic E-state index is 12.4. The van der Waals surface area contributed by atoms with E-state index in [0.29, 0.717) is 17.7 Å². The molecule has 2 atom stereocenters. The SMILES string of the molecule is C=CC(=O)NC1CC[C@@H](Nc2nnc(C(N)=O)c(Nc3ccc(C(=O)OCc4ccccc4)cc3)n2)C1. The zero-order chi connectivity index (χ0) is 26.2. The van der Waals surface area contributed by atoms with Crippen LogP contribution in [0.2, 0.25) is 0 Å². The molecule has 0 aliphatic heterocycles. The normalized spacial score (nSPS) is 16.4. The van der Waals surface area contributed by atoms with Crippen LogP contribution < -0.4 is 21.7 Å². The molecule has 190 valence electrons. The third-order valence-corrected chi connectivity index (χ3v) is 5.81. The van der Waals surface area contributed by atoms with Gasteiger partial charge in [0.1, 0.15) is 6.61 Å². The number of esters is 1. The molecule has 37 heavy (non-hydrogen) atoms. The first-order valence-electron chi connectivity index (χ1n) is 11.7. The Morgan fingerprint density at radius 1 is 1.03 bits per heavy atom. The summed E-state index contributed by atoms with van der Waals surface area (Å²) >= 11 is 0. The Morgan fingerprint density at radius 3 is 2.46 bits per heavy atom. The average molecular weight is 502 g/mol. The molecule has 1 aliphatic rings. The maximum atomic E-state index is 12.4. The van der Waals surface area contributed by atoms with Crippen LogP contribution in [0.3, 0.4) is 0 Å². The van der Waals surface area contributed by atoms with E-state index in [-0.39, 0.29) is 42.1 Å². The van der Waals surface area contributed by atoms with Gasteiger partial charge < -0.3 is 26.4 Å². The lowest BCUT2D eigenvalue weighted by Crippen LogP contribution is -2.32. The minimum Gasteiger partial charge on any atom is -0.457 e. The minimum atomic E-state index is -0.789. The number of hydrogen-bond acceptors (Lipinski definition) is 9. The van der Waals surface area contributed by atoms with Crippen molar-refractivity contribution in [1.29, 1.82) is 0 Å². The molecule has 1 saturated carbocycles. The van der Waals surface area contributed by atoms with Crippen LogP contribution in [0.25, 0.3) is 0 Å². The summed E-state index contributed by atoms with van der Waals surface area (Å²) in [6.45, 7) is 3.64. The second kappa shape index (κ2) is 11.8. The molecule has 5 N–H and O–H groups in total. The first-order chi connectivity index (χ1) is 17.9. The lowest BCUT2D eigenvalue weighted by atomic mass is 10.2. The fourth-order valence-corrected chi connectivity index (χ4v) is 3.96. The Hall–Kier alpha value is -4.80. The lowest BCUT2D eigenvalue weighted by Gasteiger charge is -2.15. The molecule has 11 heteroatoms. The van der Waals surface area contributed by atoms with Crippen LogP contribution in [0.1, 0.15) is 45.7 Å². The first-order valence-corrected chi connectivity index (χ1v) is 11.7. The number of amides is 2. The highest BCUT2D eigenvalue weighted by Crippen LogP contribution is 2.24. The monoisotopic (exact) mass is 501 g/mol. The molecule has 0 saturated heterocycles. The number of anilines is 3. The quantitative estimate of drug-likeness (QED) is 0.242. The Labute approximate surface area is 213 Å². The largest absolute Gasteiger partial charge is 0.457 e. The van der Waals surface area contributed by atoms with Gasteiger partial charge in [0, 0.05) is 17.8 Å². The Balaban J connectivity index is 1.40. The topological polar surface area (TPSA) is 161 Å². The second-order valence-electron chi connectivity index (χ2n) is 8.52. The van der Waals surface area contributed by atoms with Gasteiger partial charge in [0.05, 0.1) is 5.56 Å². The summed E-state index contributed by atoms with van der Waals surface area (Å²) in [5.41, 5.74) is 7.15. The minimum absolute atomic E-state index is 0.0189. The van der Waals surface area contributed by atoms with Gasteiger partial charge in [-0.15, -0.1) is 10.2 Å². The number of nitrogens with two attached hydrogens (primary N) is 1. The van der Waals surface area contributed by atoms with Crippen LogP contribution in [-0.4, -0.2) is 45.0 Å². The number of primary amides is 1. The van der Waals surface area contributed by atoms with E-state index in [2.05, 4.69) is 37.7 Å². The summed E-state index contributed by atoms with van der Waals surface area (Å²) in [7, 11) is 0. The number of benzene rings is 2. The number of nitrogens with one attached hydrogen (secondary N) is 3. The molecule has 4 rings (SSSR count). The number of aromatic nitrogens is 3. The predicted octanol–water partition coefficient (Wildman–Crippen LogP) is 2.71. The summed E-state index contributed by atoms with van der Waals surface area (Å²) in [6, 6.07) is 16.0. The van der Waals surface area contributed by atoms with Gasteiger partial charge in [-0.3, -0.25) is 9.59 Å². The Morgan fingerprint density at radius 2 is 1.76 bits per heavy atom. The van der Waals surface area contributed by atoms with Crippen molar-refractivity contribution < 1.29 is 19.1 Å². The summed E-state index contributed by atoms with van der Waals surface area (Å²) in [6.07, 6.45) is 3.53. The van der Waals surface area contributed by atoms with Gasteiger partial charge in [-0.05, 0) is 55.2 Å². The maximum Gasteiger partial charge on any atom is 0.338 e. The van der Waals surface area contributed by atoms with Crippen LogP contribution >= 0.6 is 0 Å². The Bertz CT molecular complexity index is 1280. The molecule has 0 bridgehead atoms. The van der Waals surface area contributed by atoms with Crippen molar-refractivity contribution in [2.45, 2.75) is 38.0 Å². The number of rotatable bonds is 10. The molecule has 1 aliphatic carbocycles. The van der Waals surface area contributed by atoms with Crippen molar-refractivity contribution >= 4 is 35.2 Å². The van der Waals surface area contributed by atoms with Gasteiger partial charge in [0.25, 0.3) is 5.91 Å². The van der Waals surface area contributed by atoms with Crippen molar-refractivity contribution in [2.24, 2.45) is 5.73 Å². The molecule has 1 unspecified atom stereocenters. The smallest absolute Gasteiger partial charge is 0.338 e. The van der Waals surface area contributed by atoms with Gasteiger partial charge in [0.15, 0.2) is 11.5 Å². The van der Waals surface area contributed by atoms with Crippen LogP contribution in [0.15, 0.2) is 67.3 Å². The van der Waals surface area contributed by atoms with E-state index in [1.54, 1.807) is 24.3 Å². The van der Waals surface area contributed by atoms with E-state index in [9.17, 15) is 14.4 Å². The number of carbonyl (C=O) groups excluding carboxylic acids is 3. The molecule has 2 aromatic carbocycles. The van der Waals surface area contributed by atoms with Crippen LogP contribution in [0.5, 0.6) is 0 Å². The second-order valence-corrected chi connectivity index (χ2v) is 8.52. The van der Waals surface area contributed by atoms with E-state index in [0.717, 1.165) is 18.4 Å². The Kier molecular flexibility index (Phi) is 8.04. The third-order valence-electron chi connectivity index (χ3n) is 5.81. The molecule has 0 spiro atoms. The van der Waals surface area contributed by atoms with E-state index < -0.39 is 11.9 Å². The highest BCUT2D eigenvalue weighted by atomic mass is 16.5. The summed E-state index contributed by atoms with van der Waals surface area (Å²) in [4.78, 5) is 40.2. The molecule has 2 amide bonds. The first kappa shape index (κ1) is 25.3. The zero-order valence-electron chi connectivity index (χ0n) is 20.0. The number of nitrogens with zero attached hydrogens (tertiary/aromatic N) is 3. The van der Waals surface area contributed by atoms with Gasteiger partial charge in [0.2, 0.25) is 11.9 Å². The predicted molar refractivity (Wildman–Crippen MR) is 137 cm³/mol. The molecule has 11 nitrogen and oxygen atoms in total. The van der Waals surface area contributed by atoms with E-state index in [4.69, 9.17) is 10.5 Å². The molecular formula is C26H27N7O4. The van der Waals surface area contributed by atoms with Gasteiger partial charge >= 0.3 is 5.97 Å². The highest BCUT2D eigenvalue weighted by molar-refractivity contribution is 5.96. The lowest BCUT2D eigenvalue weighted by molar-refractivity contribution is -0.117. The van der Waals surface area contributed by atoms with E-state index in [1.807, 2.05) is 30.3 Å². The van der Waals surface area contributed by atoms with Gasteiger partial charge in [-0.2, -0.15) is 4.98 Å². The van der Waals surface area contributed by atoms with Crippen LogP contribution in [0, 0.1) is 0 Å². The van der Waals surface area contributed by atoms with Crippen molar-refractivity contribution in [3.8, 4) is 0 Å². The summed E-state index contributed by atoms with van der Waals surface area (Å²) < 4.78 is 5.35. The molecular weight excluding hydrogens is 474 g/mol.